The fourth-order valence-corrected chi connectivity index (χ4v) is 8.84. The second kappa shape index (κ2) is 2.49. The number of hydrogen-bond acceptors (Lipinski definition) is 0. The van der Waals surface area contributed by atoms with Gasteiger partial charge in [-0.15, -0.1) is 0 Å². The molecule has 0 nitrogen and oxygen atoms in total. The normalized spacial score (nSPS) is 20.8. The van der Waals surface area contributed by atoms with Gasteiger partial charge in [-0.1, -0.05) is 0 Å². The van der Waals surface area contributed by atoms with Crippen LogP contribution < -0.4 is 0 Å². The molecule has 2 heteroatoms. The van der Waals surface area contributed by atoms with Gasteiger partial charge in [0.2, 0.25) is 0 Å². The van der Waals surface area contributed by atoms with E-state index in [1.54, 1.807) is 0 Å². The van der Waals surface area contributed by atoms with E-state index >= 15 is 0 Å². The molecule has 0 N–H and O–H groups in total. The van der Waals surface area contributed by atoms with Gasteiger partial charge in [0.1, 0.15) is 0 Å². The Bertz CT molecular complexity index is 42.9. The Kier molecular flexibility index (Phi) is 2.23. The molecule has 0 radical (unpaired) electrons. The third-order valence-electron chi connectivity index (χ3n) is 0.384. The van der Waals surface area contributed by atoms with E-state index < -0.39 is 0 Å². The van der Waals surface area contributed by atoms with E-state index in [-0.39, 0.29) is 0 Å². The summed E-state index contributed by atoms with van der Waals surface area (Å²) in [5, 5.41) is 0. The van der Waals surface area contributed by atoms with Gasteiger partial charge in [-0.2, -0.15) is 0 Å². The van der Waals surface area contributed by atoms with Crippen molar-refractivity contribution < 1.29 is 0 Å². The van der Waals surface area contributed by atoms with Crippen molar-refractivity contribution in [1.82, 2.24) is 0 Å². The van der Waals surface area contributed by atoms with Crippen molar-refractivity contribution in [3.05, 3.63) is 10.2 Å². The van der Waals surface area contributed by atoms with E-state index in [4.69, 9.17) is 0 Å². The second-order valence-corrected chi connectivity index (χ2v) is 11.9. The molecule has 0 aliphatic carbocycles. The fourth-order valence-electron chi connectivity index (χ4n) is 0.196. The average molecular weight is 295 g/mol. The molecular weight excluding hydrogens is 291 g/mol. The molecule has 0 bridgehead atoms. The van der Waals surface area contributed by atoms with Gasteiger partial charge in [-0.25, -0.2) is 0 Å². The summed E-state index contributed by atoms with van der Waals surface area (Å²) in [7, 11) is 0. The van der Waals surface area contributed by atoms with Gasteiger partial charge in [0.15, 0.2) is 0 Å². The van der Waals surface area contributed by atoms with Crippen molar-refractivity contribution in [3.8, 4) is 0 Å². The molecule has 0 fully saturated rings. The van der Waals surface area contributed by atoms with Crippen molar-refractivity contribution in [2.24, 2.45) is 0 Å². The Labute approximate surface area is 48.4 Å². The summed E-state index contributed by atoms with van der Waals surface area (Å²) in [6, 6.07) is 0. The van der Waals surface area contributed by atoms with E-state index in [9.17, 15) is 0 Å². The quantitative estimate of drug-likeness (QED) is 0.562. The van der Waals surface area contributed by atoms with Crippen LogP contribution in [-0.4, -0.2) is 34.1 Å². The standard InChI is InChI=1S/C3H4Te2/c1-2-4-5-3-1/h1-2H,3H2. The molecule has 5 heavy (non-hydrogen) atoms. The summed E-state index contributed by atoms with van der Waals surface area (Å²) in [5.74, 6) is 0. The molecule has 0 spiro atoms. The fraction of sp³-hybridized carbons (Fsp3) is 0.333. The maximum atomic E-state index is 2.42. The van der Waals surface area contributed by atoms with Crippen LogP contribution in [0.5, 0.6) is 0 Å². The molecule has 0 aromatic heterocycles. The van der Waals surface area contributed by atoms with Crippen molar-refractivity contribution in [2.45, 2.75) is 4.47 Å². The first kappa shape index (κ1) is 4.48. The Morgan fingerprint density at radius 1 is 1.60 bits per heavy atom. The Morgan fingerprint density at radius 3 is 2.80 bits per heavy atom. The molecule has 0 aromatic carbocycles. The van der Waals surface area contributed by atoms with Crippen molar-refractivity contribution >= 4 is 34.1 Å². The minimum absolute atomic E-state index is 0.554. The van der Waals surface area contributed by atoms with Crippen LogP contribution in [0.15, 0.2) is 10.2 Å². The van der Waals surface area contributed by atoms with Gasteiger partial charge in [0.25, 0.3) is 0 Å². The number of rotatable bonds is 0. The molecule has 0 unspecified atom stereocenters. The summed E-state index contributed by atoms with van der Waals surface area (Å²) >= 11 is 1.18. The minimum atomic E-state index is 0.554. The summed E-state index contributed by atoms with van der Waals surface area (Å²) in [4.78, 5) is 0. The molecule has 28 valence electrons. The Hall–Kier alpha value is 1.32. The van der Waals surface area contributed by atoms with E-state index in [0.29, 0.717) is 34.1 Å². The van der Waals surface area contributed by atoms with Crippen LogP contribution in [-0.2, 0) is 0 Å². The first-order valence-electron chi connectivity index (χ1n) is 1.43. The summed E-state index contributed by atoms with van der Waals surface area (Å²) in [6.45, 7) is 0. The van der Waals surface area contributed by atoms with Crippen LogP contribution in [0.3, 0.4) is 0 Å². The Morgan fingerprint density at radius 2 is 2.60 bits per heavy atom. The predicted octanol–water partition coefficient (Wildman–Crippen LogP) is 0.255. The molecule has 0 saturated carbocycles. The van der Waals surface area contributed by atoms with Crippen LogP contribution in [0, 0.1) is 0 Å². The zero-order valence-electron chi connectivity index (χ0n) is 2.68. The van der Waals surface area contributed by atoms with Gasteiger partial charge >= 0.3 is 48.8 Å². The average Bonchev–Trinajstić information content (AvgIpc) is 1.76. The summed E-state index contributed by atoms with van der Waals surface area (Å²) < 4.78 is 3.93. The second-order valence-electron chi connectivity index (χ2n) is 0.753. The van der Waals surface area contributed by atoms with Gasteiger partial charge in [0, 0.05) is 0 Å². The Balaban J connectivity index is 2.32. The molecule has 0 saturated heterocycles. The van der Waals surface area contributed by atoms with Crippen molar-refractivity contribution in [2.75, 3.05) is 0 Å². The molecular formula is C3H4Te2. The predicted molar refractivity (Wildman–Crippen MR) is 25.5 cm³/mol. The third kappa shape index (κ3) is 1.47. The molecule has 1 rings (SSSR count). The van der Waals surface area contributed by atoms with Crippen LogP contribution >= 0.6 is 0 Å². The van der Waals surface area contributed by atoms with Crippen molar-refractivity contribution in [3.63, 3.8) is 0 Å². The van der Waals surface area contributed by atoms with E-state index in [1.807, 2.05) is 0 Å². The van der Waals surface area contributed by atoms with E-state index in [1.165, 1.54) is 4.47 Å². The third-order valence-corrected chi connectivity index (χ3v) is 9.91. The summed E-state index contributed by atoms with van der Waals surface area (Å²) in [6.07, 6.45) is 2.35. The van der Waals surface area contributed by atoms with Crippen LogP contribution in [0.4, 0.5) is 0 Å². The topological polar surface area (TPSA) is 0 Å². The van der Waals surface area contributed by atoms with Crippen LogP contribution in [0.25, 0.3) is 0 Å². The van der Waals surface area contributed by atoms with Crippen LogP contribution in [0.2, 0.25) is 4.47 Å². The van der Waals surface area contributed by atoms with Crippen molar-refractivity contribution in [1.29, 1.82) is 0 Å². The van der Waals surface area contributed by atoms with Gasteiger partial charge in [-0.05, 0) is 0 Å². The molecule has 1 aliphatic heterocycles. The monoisotopic (exact) mass is 300 g/mol. The van der Waals surface area contributed by atoms with Gasteiger partial charge in [-0.3, -0.25) is 0 Å². The number of hydrogen-bond donors (Lipinski definition) is 0. The molecule has 0 atom stereocenters. The van der Waals surface area contributed by atoms with E-state index in [0.717, 1.165) is 0 Å². The summed E-state index contributed by atoms with van der Waals surface area (Å²) in [5.41, 5.74) is 0. The molecule has 1 aliphatic rings. The van der Waals surface area contributed by atoms with Crippen LogP contribution in [0.1, 0.15) is 0 Å². The van der Waals surface area contributed by atoms with E-state index in [2.05, 4.69) is 10.2 Å². The SMILES string of the molecule is C1=C[Te][Te]C1. The zero-order chi connectivity index (χ0) is 3.54. The first-order valence-corrected chi connectivity index (χ1v) is 11.8. The zero-order valence-corrected chi connectivity index (χ0v) is 7.34. The molecule has 0 amide bonds. The number of allylic oxidation sites excluding steroid dienone is 1. The molecule has 1 heterocycles. The molecule has 0 aromatic rings. The van der Waals surface area contributed by atoms with Gasteiger partial charge in [0.05, 0.1) is 0 Å². The first-order chi connectivity index (χ1) is 2.50. The van der Waals surface area contributed by atoms with Gasteiger partial charge < -0.3 is 0 Å². The maximum absolute atomic E-state index is 2.42.